The van der Waals surface area contributed by atoms with Gasteiger partial charge in [-0.2, -0.15) is 0 Å². The molecule has 5 atom stereocenters. The molecule has 0 aromatic heterocycles. The molecule has 0 radical (unpaired) electrons. The minimum absolute atomic E-state index is 0.0174. The van der Waals surface area contributed by atoms with E-state index in [4.69, 9.17) is 0 Å². The van der Waals surface area contributed by atoms with Gasteiger partial charge in [0.2, 0.25) is 0 Å². The third-order valence-corrected chi connectivity index (χ3v) is 10.2. The van der Waals surface area contributed by atoms with Crippen LogP contribution in [0.25, 0.3) is 0 Å². The van der Waals surface area contributed by atoms with Crippen LogP contribution in [0, 0.1) is 28.6 Å². The zero-order valence-electron chi connectivity index (χ0n) is 18.9. The van der Waals surface area contributed by atoms with Crippen molar-refractivity contribution in [3.63, 3.8) is 0 Å². The first-order valence-electron chi connectivity index (χ1n) is 12.9. The Morgan fingerprint density at radius 3 is 2.53 bits per heavy atom. The summed E-state index contributed by atoms with van der Waals surface area (Å²) in [6, 6.07) is 11.3. The van der Waals surface area contributed by atoms with Crippen molar-refractivity contribution in [3.05, 3.63) is 35.9 Å². The van der Waals surface area contributed by atoms with Gasteiger partial charge in [0.05, 0.1) is 0 Å². The van der Waals surface area contributed by atoms with Gasteiger partial charge in [-0.3, -0.25) is 4.79 Å². The molecule has 0 amide bonds. The average molecular weight is 406 g/mol. The van der Waals surface area contributed by atoms with Crippen molar-refractivity contribution >= 4 is 5.78 Å². The van der Waals surface area contributed by atoms with Gasteiger partial charge in [0, 0.05) is 18.4 Å². The topological polar surface area (TPSA) is 20.3 Å². The Bertz CT molecular complexity index is 811. The van der Waals surface area contributed by atoms with Crippen molar-refractivity contribution < 1.29 is 4.79 Å². The second-order valence-electron chi connectivity index (χ2n) is 12.2. The molecule has 7 fully saturated rings. The monoisotopic (exact) mass is 405 g/mol. The first-order chi connectivity index (χ1) is 14.5. The lowest BCUT2D eigenvalue weighted by Crippen LogP contribution is -2.61. The van der Waals surface area contributed by atoms with Crippen LogP contribution in [0.1, 0.15) is 83.1 Å². The number of fused-ring (bicyclic) bond motifs is 3. The van der Waals surface area contributed by atoms with E-state index < -0.39 is 0 Å². The lowest BCUT2D eigenvalue weighted by atomic mass is 9.37. The van der Waals surface area contributed by atoms with Crippen LogP contribution < -0.4 is 0 Å². The summed E-state index contributed by atoms with van der Waals surface area (Å²) in [6.07, 6.45) is 13.8. The van der Waals surface area contributed by atoms with Crippen LogP contribution in [0.4, 0.5) is 0 Å². The Kier molecular flexibility index (Phi) is 4.51. The molecule has 8 rings (SSSR count). The standard InChI is InChI=1S/C28H39NO/c1-2-10-26-14-21-15-27(18-26,24-6-4-3-5-7-24)20-28(16-21,19-26)25(30)13-23-17-29-11-8-22(23)9-12-29/h3-7,21-23H,2,8-20H2,1H3/t21?,23-,26-,27-,28?/m0/s1. The number of carbonyl (C=O) groups is 1. The van der Waals surface area contributed by atoms with Crippen molar-refractivity contribution in [3.8, 4) is 0 Å². The summed E-state index contributed by atoms with van der Waals surface area (Å²) in [5.41, 5.74) is 2.21. The first kappa shape index (κ1) is 19.5. The maximum absolute atomic E-state index is 14.1. The molecule has 0 N–H and O–H groups in total. The molecule has 2 unspecified atom stereocenters. The molecular weight excluding hydrogens is 366 g/mol. The average Bonchev–Trinajstić information content (AvgIpc) is 2.74. The fraction of sp³-hybridized carbons (Fsp3) is 0.750. The molecule has 3 saturated heterocycles. The number of hydrogen-bond acceptors (Lipinski definition) is 2. The van der Waals surface area contributed by atoms with Crippen LogP contribution in [0.3, 0.4) is 0 Å². The summed E-state index contributed by atoms with van der Waals surface area (Å²) in [5.74, 6) is 2.90. The molecule has 0 spiro atoms. The predicted octanol–water partition coefficient (Wildman–Crippen LogP) is 6.00. The molecule has 3 heterocycles. The SMILES string of the molecule is CCC[C@@]12CC3CC(C(=O)C[C@H]4CN5CCC4CC5)(C1)C[C@](c1ccccc1)(C3)C2. The number of hydrogen-bond donors (Lipinski definition) is 0. The normalized spacial score (nSPS) is 46.3. The van der Waals surface area contributed by atoms with Gasteiger partial charge in [-0.1, -0.05) is 43.7 Å². The summed E-state index contributed by atoms with van der Waals surface area (Å²) < 4.78 is 0. The fourth-order valence-electron chi connectivity index (χ4n) is 9.65. The number of ketones is 1. The van der Waals surface area contributed by atoms with E-state index >= 15 is 0 Å². The zero-order chi connectivity index (χ0) is 20.4. The largest absolute Gasteiger partial charge is 0.303 e. The van der Waals surface area contributed by atoms with E-state index in [1.807, 2.05) is 0 Å². The quantitative estimate of drug-likeness (QED) is 0.579. The van der Waals surface area contributed by atoms with Crippen LogP contribution in [0.5, 0.6) is 0 Å². The molecule has 3 aliphatic heterocycles. The molecule has 4 aliphatic carbocycles. The maximum Gasteiger partial charge on any atom is 0.139 e. The van der Waals surface area contributed by atoms with E-state index in [-0.39, 0.29) is 10.8 Å². The molecule has 6 bridgehead atoms. The molecule has 162 valence electrons. The second-order valence-corrected chi connectivity index (χ2v) is 12.2. The number of carbonyl (C=O) groups excluding carboxylic acids is 1. The number of rotatable bonds is 6. The van der Waals surface area contributed by atoms with Gasteiger partial charge in [-0.15, -0.1) is 0 Å². The third-order valence-electron chi connectivity index (χ3n) is 10.2. The zero-order valence-corrected chi connectivity index (χ0v) is 18.9. The van der Waals surface area contributed by atoms with E-state index in [1.165, 1.54) is 83.0 Å². The van der Waals surface area contributed by atoms with Gasteiger partial charge in [-0.25, -0.2) is 0 Å². The molecule has 7 aliphatic rings. The van der Waals surface area contributed by atoms with Gasteiger partial charge in [0.15, 0.2) is 0 Å². The lowest BCUT2D eigenvalue weighted by Gasteiger charge is -2.67. The Morgan fingerprint density at radius 1 is 1.03 bits per heavy atom. The number of piperidine rings is 3. The van der Waals surface area contributed by atoms with Crippen LogP contribution >= 0.6 is 0 Å². The van der Waals surface area contributed by atoms with Crippen molar-refractivity contribution in [2.75, 3.05) is 19.6 Å². The van der Waals surface area contributed by atoms with Gasteiger partial charge in [0.25, 0.3) is 0 Å². The van der Waals surface area contributed by atoms with Gasteiger partial charge in [-0.05, 0) is 105 Å². The second kappa shape index (κ2) is 6.92. The number of nitrogens with zero attached hydrogens (tertiary/aromatic N) is 1. The molecule has 4 saturated carbocycles. The molecule has 2 nitrogen and oxygen atoms in total. The van der Waals surface area contributed by atoms with Crippen molar-refractivity contribution in [1.29, 1.82) is 0 Å². The summed E-state index contributed by atoms with van der Waals surface area (Å²) in [4.78, 5) is 16.8. The Labute approximate surface area is 182 Å². The number of benzene rings is 1. The highest BCUT2D eigenvalue weighted by atomic mass is 16.1. The van der Waals surface area contributed by atoms with E-state index in [0.29, 0.717) is 17.1 Å². The molecule has 2 heteroatoms. The third kappa shape index (κ3) is 2.96. The van der Waals surface area contributed by atoms with Crippen LogP contribution in [0.2, 0.25) is 0 Å². The Hall–Kier alpha value is -1.15. The van der Waals surface area contributed by atoms with E-state index in [0.717, 1.165) is 24.7 Å². The molecular formula is C28H39NO. The highest BCUT2D eigenvalue weighted by molar-refractivity contribution is 5.86. The van der Waals surface area contributed by atoms with Gasteiger partial charge >= 0.3 is 0 Å². The molecule has 30 heavy (non-hydrogen) atoms. The highest BCUT2D eigenvalue weighted by Gasteiger charge is 2.65. The van der Waals surface area contributed by atoms with Crippen LogP contribution in [0.15, 0.2) is 30.3 Å². The minimum Gasteiger partial charge on any atom is -0.303 e. The smallest absolute Gasteiger partial charge is 0.139 e. The van der Waals surface area contributed by atoms with E-state index in [1.54, 1.807) is 0 Å². The number of Topliss-reactive ketones (excluding diaryl/α,β-unsaturated/α-hetero) is 1. The van der Waals surface area contributed by atoms with Crippen molar-refractivity contribution in [2.24, 2.45) is 28.6 Å². The minimum atomic E-state index is -0.0174. The first-order valence-corrected chi connectivity index (χ1v) is 12.9. The maximum atomic E-state index is 14.1. The lowest BCUT2D eigenvalue weighted by molar-refractivity contribution is -0.163. The summed E-state index contributed by atoms with van der Waals surface area (Å²) in [6.45, 7) is 6.11. The van der Waals surface area contributed by atoms with Crippen molar-refractivity contribution in [1.82, 2.24) is 4.90 Å². The van der Waals surface area contributed by atoms with Crippen LogP contribution in [-0.2, 0) is 10.2 Å². The fourth-order valence-corrected chi connectivity index (χ4v) is 9.65. The molecule has 1 aromatic carbocycles. The van der Waals surface area contributed by atoms with Crippen molar-refractivity contribution in [2.45, 2.75) is 83.0 Å². The summed E-state index contributed by atoms with van der Waals surface area (Å²) >= 11 is 0. The van der Waals surface area contributed by atoms with Crippen LogP contribution in [-0.4, -0.2) is 30.3 Å². The van der Waals surface area contributed by atoms with E-state index in [9.17, 15) is 4.79 Å². The molecule has 1 aromatic rings. The summed E-state index contributed by atoms with van der Waals surface area (Å²) in [7, 11) is 0. The predicted molar refractivity (Wildman–Crippen MR) is 121 cm³/mol. The Morgan fingerprint density at radius 2 is 1.83 bits per heavy atom. The highest BCUT2D eigenvalue weighted by Crippen LogP contribution is 2.71. The summed E-state index contributed by atoms with van der Waals surface area (Å²) in [5, 5.41) is 0. The Balaban J connectivity index is 1.33. The van der Waals surface area contributed by atoms with E-state index in [2.05, 4.69) is 42.2 Å². The van der Waals surface area contributed by atoms with Gasteiger partial charge < -0.3 is 4.90 Å². The van der Waals surface area contributed by atoms with Gasteiger partial charge in [0.1, 0.15) is 5.78 Å².